The quantitative estimate of drug-likeness (QED) is 0.419. The van der Waals surface area contributed by atoms with E-state index >= 15 is 0 Å². The van der Waals surface area contributed by atoms with Crippen LogP contribution >= 0.6 is 0 Å². The molecule has 0 saturated heterocycles. The Kier molecular flexibility index (Phi) is 6.62. The molecule has 1 amide bonds. The molecule has 0 saturated carbocycles. The molecule has 1 aromatic heterocycles. The molecule has 9 heteroatoms. The smallest absolute Gasteiger partial charge is 0.251 e. The Balaban J connectivity index is 1.42. The fourth-order valence-electron chi connectivity index (χ4n) is 3.28. The summed E-state index contributed by atoms with van der Waals surface area (Å²) in [4.78, 5) is 16.8. The van der Waals surface area contributed by atoms with Gasteiger partial charge in [-0.3, -0.25) is 4.79 Å². The van der Waals surface area contributed by atoms with Gasteiger partial charge in [-0.15, -0.1) is 0 Å². The van der Waals surface area contributed by atoms with Gasteiger partial charge < -0.3 is 5.32 Å². The summed E-state index contributed by atoms with van der Waals surface area (Å²) in [6.07, 6.45) is 3.07. The number of nitrogens with one attached hydrogen (secondary N) is 2. The third kappa shape index (κ3) is 5.51. The SMILES string of the molecule is CC(NC(=O)c1cccc(S(=O)(=O)NCc2ccccc2)c1)c1ccc(-n2cncn2)cc1. The minimum Gasteiger partial charge on any atom is -0.346 e. The molecular weight excluding hydrogens is 438 g/mol. The van der Waals surface area contributed by atoms with E-state index < -0.39 is 10.0 Å². The highest BCUT2D eigenvalue weighted by molar-refractivity contribution is 7.89. The molecule has 168 valence electrons. The van der Waals surface area contributed by atoms with Crippen LogP contribution in [0.15, 0.2) is 96.4 Å². The summed E-state index contributed by atoms with van der Waals surface area (Å²) in [7, 11) is -3.76. The average molecular weight is 462 g/mol. The van der Waals surface area contributed by atoms with Crippen molar-refractivity contribution in [3.63, 3.8) is 0 Å². The highest BCUT2D eigenvalue weighted by Gasteiger charge is 2.17. The van der Waals surface area contributed by atoms with Crippen molar-refractivity contribution in [2.24, 2.45) is 0 Å². The van der Waals surface area contributed by atoms with E-state index in [4.69, 9.17) is 0 Å². The van der Waals surface area contributed by atoms with Crippen LogP contribution in [0.1, 0.15) is 34.5 Å². The number of carbonyl (C=O) groups excluding carboxylic acids is 1. The number of amides is 1. The van der Waals surface area contributed by atoms with E-state index in [9.17, 15) is 13.2 Å². The molecule has 2 N–H and O–H groups in total. The molecule has 1 unspecified atom stereocenters. The van der Waals surface area contributed by atoms with Gasteiger partial charge in [-0.25, -0.2) is 22.8 Å². The first kappa shape index (κ1) is 22.4. The second kappa shape index (κ2) is 9.76. The third-order valence-corrected chi connectivity index (χ3v) is 6.54. The van der Waals surface area contributed by atoms with Crippen LogP contribution in [0.2, 0.25) is 0 Å². The molecule has 4 rings (SSSR count). The molecule has 1 heterocycles. The van der Waals surface area contributed by atoms with Crippen LogP contribution < -0.4 is 10.0 Å². The summed E-state index contributed by atoms with van der Waals surface area (Å²) in [5, 5.41) is 7.00. The summed E-state index contributed by atoms with van der Waals surface area (Å²) >= 11 is 0. The predicted molar refractivity (Wildman–Crippen MR) is 124 cm³/mol. The number of benzene rings is 3. The van der Waals surface area contributed by atoms with Gasteiger partial charge >= 0.3 is 0 Å². The first-order valence-electron chi connectivity index (χ1n) is 10.3. The van der Waals surface area contributed by atoms with Crippen molar-refractivity contribution < 1.29 is 13.2 Å². The molecule has 0 aliphatic heterocycles. The van der Waals surface area contributed by atoms with Crippen LogP contribution in [-0.4, -0.2) is 29.1 Å². The molecule has 33 heavy (non-hydrogen) atoms. The highest BCUT2D eigenvalue weighted by Crippen LogP contribution is 2.17. The van der Waals surface area contributed by atoms with E-state index in [0.29, 0.717) is 0 Å². The van der Waals surface area contributed by atoms with Gasteiger partial charge in [-0.2, -0.15) is 5.10 Å². The minimum atomic E-state index is -3.76. The number of nitrogens with zero attached hydrogens (tertiary/aromatic N) is 3. The normalized spacial score (nSPS) is 12.3. The van der Waals surface area contributed by atoms with Crippen molar-refractivity contribution in [2.75, 3.05) is 0 Å². The fourth-order valence-corrected chi connectivity index (χ4v) is 4.35. The van der Waals surface area contributed by atoms with Crippen molar-refractivity contribution in [3.8, 4) is 5.69 Å². The molecule has 0 radical (unpaired) electrons. The lowest BCUT2D eigenvalue weighted by molar-refractivity contribution is 0.0939. The third-order valence-electron chi connectivity index (χ3n) is 5.14. The molecule has 0 bridgehead atoms. The number of hydrogen-bond donors (Lipinski definition) is 2. The summed E-state index contributed by atoms with van der Waals surface area (Å²) in [6, 6.07) is 22.5. The van der Waals surface area contributed by atoms with Crippen LogP contribution in [0.3, 0.4) is 0 Å². The van der Waals surface area contributed by atoms with Gasteiger partial charge in [0.1, 0.15) is 12.7 Å². The average Bonchev–Trinajstić information content (AvgIpc) is 3.39. The van der Waals surface area contributed by atoms with Gasteiger partial charge in [0.05, 0.1) is 16.6 Å². The Morgan fingerprint density at radius 2 is 1.76 bits per heavy atom. The molecule has 3 aromatic carbocycles. The maximum atomic E-state index is 12.8. The first-order chi connectivity index (χ1) is 15.9. The number of hydrogen-bond acceptors (Lipinski definition) is 5. The van der Waals surface area contributed by atoms with Gasteiger partial charge in [0.25, 0.3) is 5.91 Å². The summed E-state index contributed by atoms with van der Waals surface area (Å²) in [6.45, 7) is 2.03. The van der Waals surface area contributed by atoms with Crippen LogP contribution in [-0.2, 0) is 16.6 Å². The molecule has 0 fully saturated rings. The zero-order valence-electron chi connectivity index (χ0n) is 17.9. The van der Waals surface area contributed by atoms with Crippen molar-refractivity contribution in [1.29, 1.82) is 0 Å². The lowest BCUT2D eigenvalue weighted by Crippen LogP contribution is -2.27. The molecule has 0 aliphatic rings. The Morgan fingerprint density at radius 1 is 1.00 bits per heavy atom. The zero-order chi connectivity index (χ0) is 23.3. The van der Waals surface area contributed by atoms with Crippen LogP contribution in [0, 0.1) is 0 Å². The fraction of sp³-hybridized carbons (Fsp3) is 0.125. The van der Waals surface area contributed by atoms with Crippen LogP contribution in [0.5, 0.6) is 0 Å². The van der Waals surface area contributed by atoms with E-state index in [0.717, 1.165) is 16.8 Å². The Bertz CT molecular complexity index is 1320. The Morgan fingerprint density at radius 3 is 2.45 bits per heavy atom. The molecule has 0 aliphatic carbocycles. The monoisotopic (exact) mass is 461 g/mol. The lowest BCUT2D eigenvalue weighted by Gasteiger charge is -2.15. The van der Waals surface area contributed by atoms with E-state index in [1.54, 1.807) is 23.1 Å². The standard InChI is InChI=1S/C24H23N5O3S/c1-18(20-10-12-22(13-11-20)29-17-25-16-26-29)28-24(30)21-8-5-9-23(14-21)33(31,32)27-15-19-6-3-2-4-7-19/h2-14,16-18,27H,15H2,1H3,(H,28,30). The molecule has 1 atom stereocenters. The number of carbonyl (C=O) groups is 1. The summed E-state index contributed by atoms with van der Waals surface area (Å²) in [5.41, 5.74) is 2.87. The van der Waals surface area contributed by atoms with Gasteiger partial charge in [-0.05, 0) is 48.4 Å². The molecule has 4 aromatic rings. The summed E-state index contributed by atoms with van der Waals surface area (Å²) in [5.74, 6) is -0.358. The van der Waals surface area contributed by atoms with Crippen molar-refractivity contribution in [2.45, 2.75) is 24.4 Å². The second-order valence-corrected chi connectivity index (χ2v) is 9.23. The largest absolute Gasteiger partial charge is 0.346 e. The molecule has 0 spiro atoms. The summed E-state index contributed by atoms with van der Waals surface area (Å²) < 4.78 is 29.6. The van der Waals surface area contributed by atoms with Gasteiger partial charge in [0, 0.05) is 12.1 Å². The molecular formula is C24H23N5O3S. The number of rotatable bonds is 8. The number of sulfonamides is 1. The lowest BCUT2D eigenvalue weighted by atomic mass is 10.1. The van der Waals surface area contributed by atoms with Gasteiger partial charge in [-0.1, -0.05) is 48.5 Å². The van der Waals surface area contributed by atoms with Gasteiger partial charge in [0.15, 0.2) is 0 Å². The van der Waals surface area contributed by atoms with E-state index in [-0.39, 0.29) is 29.0 Å². The van der Waals surface area contributed by atoms with Crippen molar-refractivity contribution >= 4 is 15.9 Å². The van der Waals surface area contributed by atoms with Gasteiger partial charge in [0.2, 0.25) is 10.0 Å². The first-order valence-corrected chi connectivity index (χ1v) is 11.8. The van der Waals surface area contributed by atoms with Crippen LogP contribution in [0.25, 0.3) is 5.69 Å². The number of aromatic nitrogens is 3. The van der Waals surface area contributed by atoms with E-state index in [2.05, 4.69) is 20.1 Å². The second-order valence-electron chi connectivity index (χ2n) is 7.46. The Labute approximate surface area is 192 Å². The maximum Gasteiger partial charge on any atom is 0.251 e. The molecule has 8 nitrogen and oxygen atoms in total. The van der Waals surface area contributed by atoms with E-state index in [1.165, 1.54) is 18.5 Å². The topological polar surface area (TPSA) is 106 Å². The minimum absolute atomic E-state index is 0.0379. The van der Waals surface area contributed by atoms with Crippen molar-refractivity contribution in [3.05, 3.63) is 108 Å². The Hall–Kier alpha value is -3.82. The maximum absolute atomic E-state index is 12.8. The highest BCUT2D eigenvalue weighted by atomic mass is 32.2. The van der Waals surface area contributed by atoms with Crippen LogP contribution in [0.4, 0.5) is 0 Å². The predicted octanol–water partition coefficient (Wildman–Crippen LogP) is 3.24. The van der Waals surface area contributed by atoms with E-state index in [1.807, 2.05) is 61.5 Å². The zero-order valence-corrected chi connectivity index (χ0v) is 18.7. The van der Waals surface area contributed by atoms with Crippen molar-refractivity contribution in [1.82, 2.24) is 24.8 Å².